The third-order valence-corrected chi connectivity index (χ3v) is 7.53. The van der Waals surface area contributed by atoms with Gasteiger partial charge in [0.15, 0.2) is 6.73 Å². The fourth-order valence-electron chi connectivity index (χ4n) is 3.92. The highest BCUT2D eigenvalue weighted by Gasteiger charge is 2.37. The van der Waals surface area contributed by atoms with Crippen LogP contribution >= 0.6 is 7.82 Å². The smallest absolute Gasteiger partial charge is 0.347 e. The maximum Gasteiger partial charge on any atom is 0.477 e. The van der Waals surface area contributed by atoms with Crippen molar-refractivity contribution in [3.8, 4) is 11.3 Å². The van der Waals surface area contributed by atoms with Gasteiger partial charge in [0.2, 0.25) is 0 Å². The highest BCUT2D eigenvalue weighted by Crippen LogP contribution is 2.55. The number of halogens is 1. The number of carbonyl (C=O) groups is 1. The van der Waals surface area contributed by atoms with Crippen LogP contribution in [0.5, 0.6) is 0 Å². The molecular weight excluding hydrogens is 536 g/mol. The van der Waals surface area contributed by atoms with Gasteiger partial charge < -0.3 is 9.88 Å². The Hall–Kier alpha value is -3.37. The molecule has 0 aliphatic rings. The van der Waals surface area contributed by atoms with Gasteiger partial charge in [-0.05, 0) is 65.8 Å². The van der Waals surface area contributed by atoms with Gasteiger partial charge in [0.25, 0.3) is 5.91 Å². The van der Waals surface area contributed by atoms with Gasteiger partial charge in [0, 0.05) is 36.3 Å². The second-order valence-electron chi connectivity index (χ2n) is 11.4. The first-order valence-electron chi connectivity index (χ1n) is 12.8. The summed E-state index contributed by atoms with van der Waals surface area (Å²) in [4.78, 5) is 17.6. The average molecular weight is 572 g/mol. The van der Waals surface area contributed by atoms with E-state index in [9.17, 15) is 13.8 Å². The summed E-state index contributed by atoms with van der Waals surface area (Å²) in [6.07, 6.45) is 3.32. The van der Waals surface area contributed by atoms with E-state index in [2.05, 4.69) is 10.4 Å². The maximum absolute atomic E-state index is 13.9. The number of aromatic nitrogens is 4. The van der Waals surface area contributed by atoms with Gasteiger partial charge in [-0.1, -0.05) is 18.2 Å². The van der Waals surface area contributed by atoms with Crippen molar-refractivity contribution in [2.75, 3.05) is 0 Å². The lowest BCUT2D eigenvalue weighted by Crippen LogP contribution is -2.25. The summed E-state index contributed by atoms with van der Waals surface area (Å²) in [5.41, 5.74) is 1.21. The number of hydrogen-bond donors (Lipinski definition) is 1. The van der Waals surface area contributed by atoms with E-state index < -0.39 is 19.0 Å². The third-order valence-electron chi connectivity index (χ3n) is 5.55. The van der Waals surface area contributed by atoms with Gasteiger partial charge in [-0.25, -0.2) is 18.6 Å². The average Bonchev–Trinajstić information content (AvgIpc) is 3.44. The Morgan fingerprint density at radius 3 is 2.38 bits per heavy atom. The molecule has 0 saturated carbocycles. The summed E-state index contributed by atoms with van der Waals surface area (Å²) in [5, 5.41) is 7.84. The van der Waals surface area contributed by atoms with Crippen LogP contribution < -0.4 is 5.32 Å². The minimum atomic E-state index is -3.90. The van der Waals surface area contributed by atoms with Gasteiger partial charge >= 0.3 is 7.82 Å². The molecule has 0 saturated heterocycles. The molecule has 0 unspecified atom stereocenters. The van der Waals surface area contributed by atoms with Gasteiger partial charge in [0.05, 0.1) is 23.1 Å². The van der Waals surface area contributed by atoms with Crippen LogP contribution in [-0.2, 0) is 38.5 Å². The standard InChI is InChI=1S/C28H35FN5O5P/c1-27(2,3)38-40(36,39-28(4,5)6)37-18-34-17-21(16-31-34)23-13-12-19-14-24(33(7)25(19)32-23)26(35)30-15-20-10-8-9-11-22(20)29/h8-14,16-17H,15,18H2,1-7H3,(H,30,35). The Morgan fingerprint density at radius 2 is 1.73 bits per heavy atom. The molecule has 4 aromatic rings. The predicted octanol–water partition coefficient (Wildman–Crippen LogP) is 6.22. The molecule has 0 fully saturated rings. The molecule has 0 spiro atoms. The zero-order chi connectivity index (χ0) is 29.3. The van der Waals surface area contributed by atoms with Crippen molar-refractivity contribution in [1.82, 2.24) is 24.6 Å². The number of hydrogen-bond acceptors (Lipinski definition) is 7. The quantitative estimate of drug-likeness (QED) is 0.238. The summed E-state index contributed by atoms with van der Waals surface area (Å²) >= 11 is 0. The number of nitrogens with one attached hydrogen (secondary N) is 1. The van der Waals surface area contributed by atoms with Crippen molar-refractivity contribution in [3.05, 3.63) is 71.9 Å². The number of fused-ring (bicyclic) bond motifs is 1. The van der Waals surface area contributed by atoms with E-state index in [-0.39, 0.29) is 25.0 Å². The molecular formula is C28H35FN5O5P. The van der Waals surface area contributed by atoms with Crippen LogP contribution in [-0.4, -0.2) is 36.4 Å². The van der Waals surface area contributed by atoms with Crippen molar-refractivity contribution < 1.29 is 27.3 Å². The first-order valence-corrected chi connectivity index (χ1v) is 14.3. The molecule has 40 heavy (non-hydrogen) atoms. The normalized spacial score (nSPS) is 12.7. The topological polar surface area (TPSA) is 110 Å². The second kappa shape index (κ2) is 11.2. The Morgan fingerprint density at radius 1 is 1.05 bits per heavy atom. The Balaban J connectivity index is 1.49. The van der Waals surface area contributed by atoms with Crippen LogP contribution in [0.3, 0.4) is 0 Å². The first kappa shape index (κ1) is 29.6. The van der Waals surface area contributed by atoms with Crippen LogP contribution in [0, 0.1) is 5.82 Å². The molecule has 1 aromatic carbocycles. The molecule has 0 bridgehead atoms. The number of nitrogens with zero attached hydrogens (tertiary/aromatic N) is 4. The monoisotopic (exact) mass is 571 g/mol. The van der Waals surface area contributed by atoms with Crippen molar-refractivity contribution in [3.63, 3.8) is 0 Å². The lowest BCUT2D eigenvalue weighted by molar-refractivity contribution is -0.00758. The zero-order valence-corrected chi connectivity index (χ0v) is 24.7. The molecule has 10 nitrogen and oxygen atoms in total. The first-order chi connectivity index (χ1) is 18.6. The van der Waals surface area contributed by atoms with Crippen LogP contribution in [0.15, 0.2) is 54.9 Å². The number of phosphoric acid groups is 1. The Bertz CT molecular complexity index is 1550. The van der Waals surface area contributed by atoms with E-state index in [1.165, 1.54) is 10.7 Å². The van der Waals surface area contributed by atoms with Gasteiger partial charge in [-0.15, -0.1) is 0 Å². The van der Waals surface area contributed by atoms with Crippen LogP contribution in [0.4, 0.5) is 4.39 Å². The fraction of sp³-hybridized carbons (Fsp3) is 0.393. The van der Waals surface area contributed by atoms with E-state index in [0.717, 1.165) is 5.39 Å². The molecule has 0 aliphatic carbocycles. The molecule has 1 N–H and O–H groups in total. The van der Waals surface area contributed by atoms with Gasteiger partial charge in [-0.3, -0.25) is 18.4 Å². The van der Waals surface area contributed by atoms with Crippen molar-refractivity contribution in [2.24, 2.45) is 7.05 Å². The third kappa shape index (κ3) is 7.42. The van der Waals surface area contributed by atoms with Crippen molar-refractivity contribution >= 4 is 24.8 Å². The summed E-state index contributed by atoms with van der Waals surface area (Å²) < 4.78 is 47.3. The number of rotatable bonds is 9. The van der Waals surface area contributed by atoms with E-state index >= 15 is 0 Å². The number of amides is 1. The van der Waals surface area contributed by atoms with E-state index in [4.69, 9.17) is 18.6 Å². The molecule has 3 aromatic heterocycles. The number of benzene rings is 1. The van der Waals surface area contributed by atoms with E-state index in [1.54, 1.807) is 89.8 Å². The van der Waals surface area contributed by atoms with Crippen molar-refractivity contribution in [2.45, 2.75) is 66.0 Å². The SMILES string of the molecule is Cn1c(C(=O)NCc2ccccc2F)cc2ccc(-c3cnn(COP(=O)(OC(C)(C)C)OC(C)(C)C)c3)nc21. The van der Waals surface area contributed by atoms with Gasteiger partial charge in [-0.2, -0.15) is 5.10 Å². The van der Waals surface area contributed by atoms with Gasteiger partial charge in [0.1, 0.15) is 17.2 Å². The van der Waals surface area contributed by atoms with Crippen LogP contribution in [0.2, 0.25) is 0 Å². The highest BCUT2D eigenvalue weighted by molar-refractivity contribution is 7.48. The van der Waals surface area contributed by atoms with E-state index in [0.29, 0.717) is 28.2 Å². The predicted molar refractivity (Wildman–Crippen MR) is 150 cm³/mol. The number of aryl methyl sites for hydroxylation is 1. The largest absolute Gasteiger partial charge is 0.477 e. The second-order valence-corrected chi connectivity index (χ2v) is 12.9. The Kier molecular flexibility index (Phi) is 8.33. The molecule has 0 atom stereocenters. The molecule has 0 aliphatic heterocycles. The van der Waals surface area contributed by atoms with Crippen LogP contribution in [0.1, 0.15) is 57.6 Å². The molecule has 1 amide bonds. The summed E-state index contributed by atoms with van der Waals surface area (Å²) in [5.74, 6) is -0.710. The lowest BCUT2D eigenvalue weighted by atomic mass is 10.2. The minimum Gasteiger partial charge on any atom is -0.347 e. The fourth-order valence-corrected chi connectivity index (χ4v) is 5.67. The van der Waals surface area contributed by atoms with Crippen LogP contribution in [0.25, 0.3) is 22.3 Å². The van der Waals surface area contributed by atoms with E-state index in [1.807, 2.05) is 12.1 Å². The molecule has 3 heterocycles. The highest BCUT2D eigenvalue weighted by atomic mass is 31.2. The summed E-state index contributed by atoms with van der Waals surface area (Å²) in [7, 11) is -2.16. The summed E-state index contributed by atoms with van der Waals surface area (Å²) in [6.45, 7) is 10.5. The zero-order valence-electron chi connectivity index (χ0n) is 23.8. The minimum absolute atomic E-state index is 0.0709. The van der Waals surface area contributed by atoms with Crippen molar-refractivity contribution in [1.29, 1.82) is 0 Å². The molecule has 12 heteroatoms. The molecule has 4 rings (SSSR count). The summed E-state index contributed by atoms with van der Waals surface area (Å²) in [6, 6.07) is 11.7. The number of carbonyl (C=O) groups excluding carboxylic acids is 1. The molecule has 214 valence electrons. The Labute approximate surface area is 233 Å². The molecule has 0 radical (unpaired) electrons. The number of pyridine rings is 1. The number of phosphoric ester groups is 1. The maximum atomic E-state index is 13.9. The lowest BCUT2D eigenvalue weighted by Gasteiger charge is -2.30.